The minimum absolute atomic E-state index is 0.138. The van der Waals surface area contributed by atoms with Crippen LogP contribution in [0.15, 0.2) is 35.7 Å². The van der Waals surface area contributed by atoms with E-state index >= 15 is 0 Å². The van der Waals surface area contributed by atoms with Gasteiger partial charge in [0.15, 0.2) is 0 Å². The van der Waals surface area contributed by atoms with E-state index in [4.69, 9.17) is 4.74 Å². The molecule has 0 radical (unpaired) electrons. The smallest absolute Gasteiger partial charge is 0.309 e. The van der Waals surface area contributed by atoms with E-state index in [0.29, 0.717) is 25.9 Å². The van der Waals surface area contributed by atoms with Gasteiger partial charge in [0.25, 0.3) is 0 Å². The largest absolute Gasteiger partial charge is 0.459 e. The van der Waals surface area contributed by atoms with Crippen LogP contribution in [0.5, 0.6) is 0 Å². The number of nitrogens with zero attached hydrogens (tertiary/aromatic N) is 2. The number of carbonyl (C=O) groups excluding carboxylic acids is 2. The quantitative estimate of drug-likeness (QED) is 0.741. The molecule has 1 aromatic carbocycles. The first kappa shape index (κ1) is 19.5. The van der Waals surface area contributed by atoms with Crippen molar-refractivity contribution in [1.82, 2.24) is 9.88 Å². The zero-order valence-electron chi connectivity index (χ0n) is 16.1. The number of esters is 1. The molecule has 0 saturated carbocycles. The molecule has 1 fully saturated rings. The van der Waals surface area contributed by atoms with Crippen molar-refractivity contribution in [2.45, 2.75) is 40.2 Å². The fourth-order valence-corrected chi connectivity index (χ4v) is 3.95. The van der Waals surface area contributed by atoms with Gasteiger partial charge in [0, 0.05) is 29.4 Å². The first-order valence-electron chi connectivity index (χ1n) is 9.30. The number of rotatable bonds is 4. The van der Waals surface area contributed by atoms with E-state index in [1.807, 2.05) is 61.4 Å². The van der Waals surface area contributed by atoms with Crippen LogP contribution in [-0.2, 0) is 20.9 Å². The van der Waals surface area contributed by atoms with Gasteiger partial charge in [-0.15, -0.1) is 11.3 Å². The number of piperidine rings is 1. The van der Waals surface area contributed by atoms with Crippen LogP contribution in [0.25, 0.3) is 10.6 Å². The monoisotopic (exact) mass is 386 g/mol. The molecule has 1 aliphatic heterocycles. The number of aromatic nitrogens is 1. The van der Waals surface area contributed by atoms with Crippen LogP contribution in [0, 0.1) is 11.3 Å². The number of amides is 1. The lowest BCUT2D eigenvalue weighted by Crippen LogP contribution is -2.45. The number of carbonyl (C=O) groups is 2. The molecular weight excluding hydrogens is 360 g/mol. The molecule has 6 heteroatoms. The Morgan fingerprint density at radius 3 is 2.48 bits per heavy atom. The van der Waals surface area contributed by atoms with Crippen molar-refractivity contribution in [1.29, 1.82) is 0 Å². The number of hydrogen-bond acceptors (Lipinski definition) is 5. The Kier molecular flexibility index (Phi) is 5.95. The summed E-state index contributed by atoms with van der Waals surface area (Å²) in [6.07, 6.45) is 1.32. The number of hydrogen-bond donors (Lipinski definition) is 0. The molecule has 0 aliphatic carbocycles. The van der Waals surface area contributed by atoms with Gasteiger partial charge >= 0.3 is 5.97 Å². The van der Waals surface area contributed by atoms with E-state index in [1.54, 1.807) is 11.3 Å². The average molecular weight is 387 g/mol. The molecule has 1 amide bonds. The lowest BCUT2D eigenvalue weighted by molar-refractivity contribution is -0.154. The second kappa shape index (κ2) is 8.21. The highest BCUT2D eigenvalue weighted by Crippen LogP contribution is 2.26. The molecule has 0 N–H and O–H groups in total. The van der Waals surface area contributed by atoms with Crippen LogP contribution in [-0.4, -0.2) is 34.8 Å². The van der Waals surface area contributed by atoms with Gasteiger partial charge in [-0.25, -0.2) is 4.98 Å². The summed E-state index contributed by atoms with van der Waals surface area (Å²) in [4.78, 5) is 31.1. The van der Waals surface area contributed by atoms with Gasteiger partial charge in [-0.05, 0) is 12.8 Å². The molecule has 1 aromatic heterocycles. The Morgan fingerprint density at radius 1 is 1.19 bits per heavy atom. The van der Waals surface area contributed by atoms with E-state index in [1.165, 1.54) is 0 Å². The van der Waals surface area contributed by atoms with Gasteiger partial charge in [-0.1, -0.05) is 51.1 Å². The highest BCUT2D eigenvalue weighted by molar-refractivity contribution is 7.13. The Hall–Kier alpha value is -2.21. The van der Waals surface area contributed by atoms with Crippen molar-refractivity contribution < 1.29 is 14.3 Å². The van der Waals surface area contributed by atoms with Gasteiger partial charge in [0.1, 0.15) is 11.6 Å². The minimum Gasteiger partial charge on any atom is -0.459 e. The van der Waals surface area contributed by atoms with Crippen molar-refractivity contribution in [2.24, 2.45) is 11.3 Å². The lowest BCUT2D eigenvalue weighted by atomic mass is 9.91. The van der Waals surface area contributed by atoms with Gasteiger partial charge in [-0.2, -0.15) is 0 Å². The molecule has 3 rings (SSSR count). The van der Waals surface area contributed by atoms with Crippen molar-refractivity contribution in [2.75, 3.05) is 13.1 Å². The fraction of sp³-hybridized carbons (Fsp3) is 0.476. The molecule has 0 unspecified atom stereocenters. The zero-order chi connectivity index (χ0) is 19.4. The maximum absolute atomic E-state index is 12.4. The van der Waals surface area contributed by atoms with Crippen LogP contribution in [0.3, 0.4) is 0 Å². The predicted molar refractivity (Wildman–Crippen MR) is 106 cm³/mol. The third kappa shape index (κ3) is 4.95. The average Bonchev–Trinajstić information content (AvgIpc) is 3.15. The van der Waals surface area contributed by atoms with E-state index < -0.39 is 0 Å². The molecule has 27 heavy (non-hydrogen) atoms. The van der Waals surface area contributed by atoms with Crippen molar-refractivity contribution in [3.8, 4) is 10.6 Å². The third-order valence-electron chi connectivity index (χ3n) is 4.69. The first-order chi connectivity index (χ1) is 12.8. The van der Waals surface area contributed by atoms with Gasteiger partial charge in [0.2, 0.25) is 5.91 Å². The Bertz CT molecular complexity index is 787. The molecule has 144 valence electrons. The second-order valence-electron chi connectivity index (χ2n) is 7.93. The Morgan fingerprint density at radius 2 is 1.85 bits per heavy atom. The maximum atomic E-state index is 12.4. The Balaban J connectivity index is 1.48. The summed E-state index contributed by atoms with van der Waals surface area (Å²) in [5.41, 5.74) is 1.46. The van der Waals surface area contributed by atoms with Crippen molar-refractivity contribution in [3.63, 3.8) is 0 Å². The zero-order valence-corrected chi connectivity index (χ0v) is 16.9. The fourth-order valence-electron chi connectivity index (χ4n) is 3.14. The molecule has 2 aromatic rings. The standard InChI is InChI=1S/C21H26N2O3S/c1-21(2,3)20(25)23-11-9-16(10-12-23)19(24)26-13-17-14-27-18(22-17)15-7-5-4-6-8-15/h4-8,14,16H,9-13H2,1-3H3. The molecule has 2 heterocycles. The summed E-state index contributed by atoms with van der Waals surface area (Å²) in [5.74, 6) is -0.182. The normalized spacial score (nSPS) is 15.6. The van der Waals surface area contributed by atoms with Crippen LogP contribution in [0.2, 0.25) is 0 Å². The lowest BCUT2D eigenvalue weighted by Gasteiger charge is -2.34. The number of thiazole rings is 1. The van der Waals surface area contributed by atoms with Crippen LogP contribution < -0.4 is 0 Å². The van der Waals surface area contributed by atoms with Crippen LogP contribution in [0.1, 0.15) is 39.3 Å². The second-order valence-corrected chi connectivity index (χ2v) is 8.79. The molecular formula is C21H26N2O3S. The summed E-state index contributed by atoms with van der Waals surface area (Å²) in [7, 11) is 0. The topological polar surface area (TPSA) is 59.5 Å². The highest BCUT2D eigenvalue weighted by Gasteiger charge is 2.33. The summed E-state index contributed by atoms with van der Waals surface area (Å²) >= 11 is 1.55. The molecule has 0 atom stereocenters. The summed E-state index contributed by atoms with van der Waals surface area (Å²) in [5, 5.41) is 2.86. The molecule has 5 nitrogen and oxygen atoms in total. The molecule has 1 aliphatic rings. The SMILES string of the molecule is CC(C)(C)C(=O)N1CCC(C(=O)OCc2csc(-c3ccccc3)n2)CC1. The number of ether oxygens (including phenoxy) is 1. The van der Waals surface area contributed by atoms with Crippen LogP contribution >= 0.6 is 11.3 Å². The van der Waals surface area contributed by atoms with Crippen molar-refractivity contribution in [3.05, 3.63) is 41.4 Å². The molecule has 1 saturated heterocycles. The van der Waals surface area contributed by atoms with Gasteiger partial charge in [0.05, 0.1) is 11.6 Å². The van der Waals surface area contributed by atoms with Gasteiger partial charge < -0.3 is 9.64 Å². The van der Waals surface area contributed by atoms with E-state index in [-0.39, 0.29) is 29.8 Å². The third-order valence-corrected chi connectivity index (χ3v) is 5.63. The number of likely N-dealkylation sites (tertiary alicyclic amines) is 1. The van der Waals surface area contributed by atoms with Gasteiger partial charge in [-0.3, -0.25) is 9.59 Å². The van der Waals surface area contributed by atoms with E-state index in [9.17, 15) is 9.59 Å². The molecule has 0 spiro atoms. The molecule has 0 bridgehead atoms. The van der Waals surface area contributed by atoms with E-state index in [2.05, 4.69) is 4.98 Å². The summed E-state index contributed by atoms with van der Waals surface area (Å²) in [6, 6.07) is 9.96. The van der Waals surface area contributed by atoms with Crippen LogP contribution in [0.4, 0.5) is 0 Å². The summed E-state index contributed by atoms with van der Waals surface area (Å²) < 4.78 is 5.48. The minimum atomic E-state index is -0.381. The van der Waals surface area contributed by atoms with Crippen molar-refractivity contribution >= 4 is 23.2 Å². The predicted octanol–water partition coefficient (Wildman–Crippen LogP) is 4.14. The van der Waals surface area contributed by atoms with E-state index in [0.717, 1.165) is 16.3 Å². The first-order valence-corrected chi connectivity index (χ1v) is 10.2. The number of benzene rings is 1. The highest BCUT2D eigenvalue weighted by atomic mass is 32.1. The maximum Gasteiger partial charge on any atom is 0.309 e. The summed E-state index contributed by atoms with van der Waals surface area (Å²) in [6.45, 7) is 7.20. The Labute approximate surface area is 164 Å².